The van der Waals surface area contributed by atoms with E-state index >= 15 is 0 Å². The summed E-state index contributed by atoms with van der Waals surface area (Å²) in [5.74, 6) is 5.97. The highest BCUT2D eigenvalue weighted by Gasteiger charge is 2.40. The smallest absolute Gasteiger partial charge is 0.0733 e. The third-order valence-electron chi connectivity index (χ3n) is 2.94. The van der Waals surface area contributed by atoms with Crippen molar-refractivity contribution in [3.05, 3.63) is 0 Å². The summed E-state index contributed by atoms with van der Waals surface area (Å²) in [6.45, 7) is 2.90. The van der Waals surface area contributed by atoms with Crippen molar-refractivity contribution in [1.29, 1.82) is 0 Å². The standard InChI is InChI=1S/C11H17NO/c1-2-3-4-7-12-10-8-9-5-6-11(10)13-9/h9-12H,4-8H2,1H3. The van der Waals surface area contributed by atoms with Crippen LogP contribution >= 0.6 is 0 Å². The van der Waals surface area contributed by atoms with Crippen LogP contribution in [0, 0.1) is 11.8 Å². The highest BCUT2D eigenvalue weighted by molar-refractivity contribution is 4.97. The molecule has 2 saturated heterocycles. The molecule has 2 bridgehead atoms. The molecule has 72 valence electrons. The van der Waals surface area contributed by atoms with Crippen LogP contribution in [0.15, 0.2) is 0 Å². The highest BCUT2D eigenvalue weighted by atomic mass is 16.5. The molecule has 13 heavy (non-hydrogen) atoms. The van der Waals surface area contributed by atoms with Gasteiger partial charge in [0.1, 0.15) is 0 Å². The zero-order valence-electron chi connectivity index (χ0n) is 8.18. The van der Waals surface area contributed by atoms with Gasteiger partial charge < -0.3 is 10.1 Å². The largest absolute Gasteiger partial charge is 0.373 e. The summed E-state index contributed by atoms with van der Waals surface area (Å²) in [6, 6.07) is 0.609. The van der Waals surface area contributed by atoms with Gasteiger partial charge in [-0.05, 0) is 26.2 Å². The fourth-order valence-electron chi connectivity index (χ4n) is 2.30. The average molecular weight is 179 g/mol. The van der Waals surface area contributed by atoms with Gasteiger partial charge in [0.2, 0.25) is 0 Å². The number of hydrogen-bond donors (Lipinski definition) is 1. The van der Waals surface area contributed by atoms with Crippen LogP contribution in [-0.2, 0) is 4.74 Å². The molecule has 0 saturated carbocycles. The van der Waals surface area contributed by atoms with Crippen LogP contribution in [-0.4, -0.2) is 24.8 Å². The van der Waals surface area contributed by atoms with Gasteiger partial charge in [-0.3, -0.25) is 0 Å². The van der Waals surface area contributed by atoms with Crippen molar-refractivity contribution in [1.82, 2.24) is 5.32 Å². The Morgan fingerprint density at radius 3 is 3.00 bits per heavy atom. The van der Waals surface area contributed by atoms with E-state index < -0.39 is 0 Å². The molecule has 2 nitrogen and oxygen atoms in total. The van der Waals surface area contributed by atoms with Gasteiger partial charge in [-0.2, -0.15) is 0 Å². The first-order valence-electron chi connectivity index (χ1n) is 5.18. The van der Waals surface area contributed by atoms with E-state index in [-0.39, 0.29) is 0 Å². The molecule has 0 spiro atoms. The monoisotopic (exact) mass is 179 g/mol. The van der Waals surface area contributed by atoms with E-state index in [1.165, 1.54) is 19.3 Å². The Morgan fingerprint density at radius 2 is 2.38 bits per heavy atom. The predicted molar refractivity (Wildman–Crippen MR) is 52.4 cm³/mol. The molecule has 0 aromatic carbocycles. The van der Waals surface area contributed by atoms with E-state index in [2.05, 4.69) is 17.2 Å². The van der Waals surface area contributed by atoms with Crippen molar-refractivity contribution in [2.75, 3.05) is 6.54 Å². The lowest BCUT2D eigenvalue weighted by Crippen LogP contribution is -2.37. The van der Waals surface area contributed by atoms with Gasteiger partial charge in [-0.15, -0.1) is 11.8 Å². The first-order chi connectivity index (χ1) is 6.40. The first-order valence-corrected chi connectivity index (χ1v) is 5.18. The molecule has 2 fully saturated rings. The van der Waals surface area contributed by atoms with E-state index in [1.54, 1.807) is 0 Å². The Labute approximate surface area is 80.0 Å². The molecule has 2 aliphatic heterocycles. The maximum atomic E-state index is 5.74. The van der Waals surface area contributed by atoms with E-state index in [4.69, 9.17) is 4.74 Å². The van der Waals surface area contributed by atoms with E-state index in [0.717, 1.165) is 13.0 Å². The Kier molecular flexibility index (Phi) is 2.87. The molecule has 1 N–H and O–H groups in total. The summed E-state index contributed by atoms with van der Waals surface area (Å²) < 4.78 is 5.74. The second kappa shape index (κ2) is 4.13. The van der Waals surface area contributed by atoms with Crippen molar-refractivity contribution < 1.29 is 4.74 Å². The van der Waals surface area contributed by atoms with Crippen LogP contribution in [0.5, 0.6) is 0 Å². The minimum absolute atomic E-state index is 0.500. The van der Waals surface area contributed by atoms with Gasteiger partial charge in [0.15, 0.2) is 0 Å². The SMILES string of the molecule is CC#CCCNC1CC2CCC1O2. The number of rotatable bonds is 3. The Hall–Kier alpha value is -0.520. The maximum absolute atomic E-state index is 5.74. The molecule has 0 aromatic heterocycles. The van der Waals surface area contributed by atoms with Crippen LogP contribution in [0.3, 0.4) is 0 Å². The van der Waals surface area contributed by atoms with Crippen LogP contribution < -0.4 is 5.32 Å². The summed E-state index contributed by atoms with van der Waals surface area (Å²) in [6.07, 6.45) is 5.76. The topological polar surface area (TPSA) is 21.3 Å². The molecule has 0 aliphatic carbocycles. The predicted octanol–water partition coefficient (Wildman–Crippen LogP) is 1.31. The van der Waals surface area contributed by atoms with Gasteiger partial charge in [-0.1, -0.05) is 0 Å². The zero-order valence-corrected chi connectivity index (χ0v) is 8.18. The third kappa shape index (κ3) is 2.04. The van der Waals surface area contributed by atoms with Crippen LogP contribution in [0.25, 0.3) is 0 Å². The van der Waals surface area contributed by atoms with Gasteiger partial charge in [0, 0.05) is 19.0 Å². The molecular weight excluding hydrogens is 162 g/mol. The molecule has 0 aromatic rings. The van der Waals surface area contributed by atoms with E-state index in [1.807, 2.05) is 6.92 Å². The molecule has 2 heterocycles. The van der Waals surface area contributed by atoms with Crippen molar-refractivity contribution in [2.45, 2.75) is 50.9 Å². The van der Waals surface area contributed by atoms with Crippen molar-refractivity contribution in [3.8, 4) is 11.8 Å². The van der Waals surface area contributed by atoms with Crippen molar-refractivity contribution in [3.63, 3.8) is 0 Å². The number of fused-ring (bicyclic) bond motifs is 2. The van der Waals surface area contributed by atoms with Gasteiger partial charge in [0.05, 0.1) is 12.2 Å². The van der Waals surface area contributed by atoms with E-state index in [9.17, 15) is 0 Å². The van der Waals surface area contributed by atoms with E-state index in [0.29, 0.717) is 18.2 Å². The minimum atomic E-state index is 0.500. The third-order valence-corrected chi connectivity index (χ3v) is 2.94. The first kappa shape index (κ1) is 9.05. The summed E-state index contributed by atoms with van der Waals surface area (Å²) in [7, 11) is 0. The van der Waals surface area contributed by atoms with Crippen LogP contribution in [0.4, 0.5) is 0 Å². The van der Waals surface area contributed by atoms with Crippen LogP contribution in [0.1, 0.15) is 32.6 Å². The van der Waals surface area contributed by atoms with Crippen LogP contribution in [0.2, 0.25) is 0 Å². The number of hydrogen-bond acceptors (Lipinski definition) is 2. The molecular formula is C11H17NO. The van der Waals surface area contributed by atoms with Gasteiger partial charge >= 0.3 is 0 Å². The fourth-order valence-corrected chi connectivity index (χ4v) is 2.30. The summed E-state index contributed by atoms with van der Waals surface area (Å²) >= 11 is 0. The molecule has 3 unspecified atom stereocenters. The Balaban J connectivity index is 1.67. The minimum Gasteiger partial charge on any atom is -0.373 e. The number of ether oxygens (including phenoxy) is 1. The second-order valence-corrected chi connectivity index (χ2v) is 3.85. The lowest BCUT2D eigenvalue weighted by molar-refractivity contribution is 0.0975. The molecule has 2 rings (SSSR count). The second-order valence-electron chi connectivity index (χ2n) is 3.85. The summed E-state index contributed by atoms with van der Waals surface area (Å²) in [5, 5.41) is 3.52. The molecule has 2 heteroatoms. The molecule has 2 aliphatic rings. The quantitative estimate of drug-likeness (QED) is 0.521. The van der Waals surface area contributed by atoms with Crippen molar-refractivity contribution in [2.24, 2.45) is 0 Å². The lowest BCUT2D eigenvalue weighted by atomic mass is 9.95. The summed E-state index contributed by atoms with van der Waals surface area (Å²) in [5.41, 5.74) is 0. The maximum Gasteiger partial charge on any atom is 0.0733 e. The van der Waals surface area contributed by atoms with Gasteiger partial charge in [-0.25, -0.2) is 0 Å². The molecule has 3 atom stereocenters. The Morgan fingerprint density at radius 1 is 1.46 bits per heavy atom. The number of nitrogens with one attached hydrogen (secondary N) is 1. The average Bonchev–Trinajstić information content (AvgIpc) is 2.73. The Bertz CT molecular complexity index is 228. The summed E-state index contributed by atoms with van der Waals surface area (Å²) in [4.78, 5) is 0. The lowest BCUT2D eigenvalue weighted by Gasteiger charge is -2.19. The molecule has 0 amide bonds. The fraction of sp³-hybridized carbons (Fsp3) is 0.818. The molecule has 0 radical (unpaired) electrons. The zero-order chi connectivity index (χ0) is 9.10. The normalized spacial score (nSPS) is 35.9. The van der Waals surface area contributed by atoms with Gasteiger partial charge in [0.25, 0.3) is 0 Å². The highest BCUT2D eigenvalue weighted by Crippen LogP contribution is 2.34. The van der Waals surface area contributed by atoms with Crippen molar-refractivity contribution >= 4 is 0 Å².